The van der Waals surface area contributed by atoms with Gasteiger partial charge in [0.05, 0.1) is 6.10 Å². The lowest BCUT2D eigenvalue weighted by molar-refractivity contribution is -0.133. The van der Waals surface area contributed by atoms with Crippen molar-refractivity contribution in [2.45, 2.75) is 25.2 Å². The van der Waals surface area contributed by atoms with Crippen molar-refractivity contribution in [1.82, 2.24) is 4.90 Å². The molecule has 0 bridgehead atoms. The highest BCUT2D eigenvalue weighted by Gasteiger charge is 2.27. The topological polar surface area (TPSA) is 40.5 Å². The summed E-state index contributed by atoms with van der Waals surface area (Å²) >= 11 is 1.79. The number of likely N-dealkylation sites (tertiary alicyclic amines) is 1. The fraction of sp³-hybridized carbons (Fsp3) is 0.533. The summed E-state index contributed by atoms with van der Waals surface area (Å²) in [6.45, 7) is 3.19. The molecule has 1 aromatic carbocycles. The fourth-order valence-corrected chi connectivity index (χ4v) is 3.29. The second-order valence-corrected chi connectivity index (χ2v) is 6.16. The Morgan fingerprint density at radius 3 is 2.84 bits per heavy atom. The number of hydrogen-bond donors (Lipinski definition) is 1. The predicted octanol–water partition coefficient (Wildman–Crippen LogP) is 2.15. The maximum Gasteiger partial charge on any atom is 0.226 e. The summed E-state index contributed by atoms with van der Waals surface area (Å²) in [5.74, 6) is 1.98. The lowest BCUT2D eigenvalue weighted by atomic mass is 10.2. The summed E-state index contributed by atoms with van der Waals surface area (Å²) in [6, 6.07) is 10.3. The molecule has 1 amide bonds. The van der Waals surface area contributed by atoms with Crippen LogP contribution in [0.25, 0.3) is 0 Å². The van der Waals surface area contributed by atoms with E-state index >= 15 is 0 Å². The van der Waals surface area contributed by atoms with E-state index in [-0.39, 0.29) is 17.9 Å². The molecule has 0 saturated carbocycles. The molecule has 1 heterocycles. The average molecular weight is 279 g/mol. The zero-order chi connectivity index (χ0) is 13.7. The van der Waals surface area contributed by atoms with Gasteiger partial charge in [0, 0.05) is 30.5 Å². The largest absolute Gasteiger partial charge is 0.391 e. The van der Waals surface area contributed by atoms with Gasteiger partial charge in [0.1, 0.15) is 0 Å². The second-order valence-electron chi connectivity index (χ2n) is 5.13. The molecule has 2 atom stereocenters. The third kappa shape index (κ3) is 4.25. The quantitative estimate of drug-likeness (QED) is 0.898. The van der Waals surface area contributed by atoms with E-state index in [4.69, 9.17) is 0 Å². The van der Waals surface area contributed by atoms with Crippen molar-refractivity contribution in [1.29, 1.82) is 0 Å². The molecule has 1 aliphatic rings. The van der Waals surface area contributed by atoms with E-state index < -0.39 is 0 Å². The average Bonchev–Trinajstić information content (AvgIpc) is 2.85. The Balaban J connectivity index is 1.72. The zero-order valence-electron chi connectivity index (χ0n) is 11.3. The van der Waals surface area contributed by atoms with Crippen molar-refractivity contribution in [3.05, 3.63) is 35.9 Å². The minimum absolute atomic E-state index is 0.0269. The number of β-amino-alcohol motifs (C(OH)–C–C–N with tert-alkyl or cyclic N) is 1. The Morgan fingerprint density at radius 1 is 1.47 bits per heavy atom. The first-order chi connectivity index (χ1) is 9.16. The highest BCUT2D eigenvalue weighted by Crippen LogP contribution is 2.19. The van der Waals surface area contributed by atoms with Crippen LogP contribution in [0.15, 0.2) is 30.3 Å². The van der Waals surface area contributed by atoms with E-state index in [9.17, 15) is 9.90 Å². The number of thioether (sulfide) groups is 1. The highest BCUT2D eigenvalue weighted by molar-refractivity contribution is 7.98. The third-order valence-electron chi connectivity index (χ3n) is 3.38. The minimum Gasteiger partial charge on any atom is -0.391 e. The van der Waals surface area contributed by atoms with Crippen molar-refractivity contribution in [3.8, 4) is 0 Å². The molecule has 0 spiro atoms. The maximum atomic E-state index is 12.1. The van der Waals surface area contributed by atoms with Gasteiger partial charge in [-0.25, -0.2) is 0 Å². The van der Waals surface area contributed by atoms with E-state index in [1.807, 2.05) is 25.1 Å². The number of carbonyl (C=O) groups is 1. The first kappa shape index (κ1) is 14.4. The summed E-state index contributed by atoms with van der Waals surface area (Å²) in [6.07, 6.45) is 0.392. The van der Waals surface area contributed by atoms with Crippen LogP contribution < -0.4 is 0 Å². The summed E-state index contributed by atoms with van der Waals surface area (Å²) in [5, 5.41) is 9.46. The van der Waals surface area contributed by atoms with E-state index in [1.165, 1.54) is 5.56 Å². The Hall–Kier alpha value is -1.00. The first-order valence-electron chi connectivity index (χ1n) is 6.75. The van der Waals surface area contributed by atoms with Crippen LogP contribution in [0.4, 0.5) is 0 Å². The molecule has 3 nitrogen and oxygen atoms in total. The van der Waals surface area contributed by atoms with Crippen molar-refractivity contribution in [3.63, 3.8) is 0 Å². The van der Waals surface area contributed by atoms with E-state index in [2.05, 4.69) is 12.1 Å². The van der Waals surface area contributed by atoms with Gasteiger partial charge in [-0.15, -0.1) is 0 Å². The smallest absolute Gasteiger partial charge is 0.226 e. The molecule has 104 valence electrons. The number of rotatable bonds is 5. The van der Waals surface area contributed by atoms with Gasteiger partial charge in [0.2, 0.25) is 5.91 Å². The van der Waals surface area contributed by atoms with Crippen LogP contribution in [-0.4, -0.2) is 40.9 Å². The number of aliphatic hydroxyl groups excluding tert-OH is 1. The van der Waals surface area contributed by atoms with Crippen molar-refractivity contribution in [2.24, 2.45) is 5.92 Å². The summed E-state index contributed by atoms with van der Waals surface area (Å²) in [4.78, 5) is 13.9. The lowest BCUT2D eigenvalue weighted by Crippen LogP contribution is -2.34. The van der Waals surface area contributed by atoms with Crippen LogP contribution in [0.5, 0.6) is 0 Å². The van der Waals surface area contributed by atoms with Gasteiger partial charge in [-0.3, -0.25) is 4.79 Å². The van der Waals surface area contributed by atoms with Crippen LogP contribution in [0.1, 0.15) is 18.9 Å². The van der Waals surface area contributed by atoms with Crippen LogP contribution in [0, 0.1) is 5.92 Å². The van der Waals surface area contributed by atoms with Gasteiger partial charge in [0.25, 0.3) is 0 Å². The van der Waals surface area contributed by atoms with E-state index in [0.717, 1.165) is 17.9 Å². The number of aliphatic hydroxyl groups is 1. The molecule has 0 radical (unpaired) electrons. The van der Waals surface area contributed by atoms with Crippen LogP contribution in [0.2, 0.25) is 0 Å². The Labute approximate surface area is 119 Å². The maximum absolute atomic E-state index is 12.1. The molecule has 19 heavy (non-hydrogen) atoms. The molecule has 1 fully saturated rings. The molecule has 4 heteroatoms. The molecule has 0 aliphatic carbocycles. The first-order valence-corrected chi connectivity index (χ1v) is 7.91. The molecule has 1 aromatic rings. The molecule has 0 aromatic heterocycles. The number of hydrogen-bond acceptors (Lipinski definition) is 3. The SMILES string of the molecule is CC(CSCc1ccccc1)C(=O)N1CC[C@@H](O)C1. The number of nitrogens with zero attached hydrogens (tertiary/aromatic N) is 1. The normalized spacial score (nSPS) is 20.5. The second kappa shape index (κ2) is 6.96. The zero-order valence-corrected chi connectivity index (χ0v) is 12.1. The number of amides is 1. The molecular formula is C15H21NO2S. The Kier molecular flexibility index (Phi) is 5.28. The van der Waals surface area contributed by atoms with Gasteiger partial charge in [-0.05, 0) is 12.0 Å². The summed E-state index contributed by atoms with van der Waals surface area (Å²) in [7, 11) is 0. The third-order valence-corrected chi connectivity index (χ3v) is 4.65. The number of benzene rings is 1. The van der Waals surface area contributed by atoms with Crippen molar-refractivity contribution < 1.29 is 9.90 Å². The highest BCUT2D eigenvalue weighted by atomic mass is 32.2. The molecule has 1 N–H and O–H groups in total. The van der Waals surface area contributed by atoms with Crippen LogP contribution in [-0.2, 0) is 10.5 Å². The van der Waals surface area contributed by atoms with Gasteiger partial charge in [0.15, 0.2) is 0 Å². The molecule has 1 unspecified atom stereocenters. The van der Waals surface area contributed by atoms with Gasteiger partial charge < -0.3 is 10.0 Å². The van der Waals surface area contributed by atoms with Crippen LogP contribution in [0.3, 0.4) is 0 Å². The Bertz CT molecular complexity index is 410. The van der Waals surface area contributed by atoms with Crippen molar-refractivity contribution >= 4 is 17.7 Å². The summed E-state index contributed by atoms with van der Waals surface area (Å²) < 4.78 is 0. The predicted molar refractivity (Wildman–Crippen MR) is 79.0 cm³/mol. The molecule has 1 aliphatic heterocycles. The standard InChI is InChI=1S/C15H21NO2S/c1-12(15(18)16-8-7-14(17)9-16)10-19-11-13-5-3-2-4-6-13/h2-6,12,14,17H,7-11H2,1H3/t12?,14-/m1/s1. The van der Waals surface area contributed by atoms with E-state index in [1.54, 1.807) is 16.7 Å². The van der Waals surface area contributed by atoms with Gasteiger partial charge >= 0.3 is 0 Å². The summed E-state index contributed by atoms with van der Waals surface area (Å²) in [5.41, 5.74) is 1.30. The lowest BCUT2D eigenvalue weighted by Gasteiger charge is -2.20. The number of carbonyl (C=O) groups excluding carboxylic acids is 1. The molecule has 1 saturated heterocycles. The molecule has 2 rings (SSSR count). The minimum atomic E-state index is -0.326. The monoisotopic (exact) mass is 279 g/mol. The van der Waals surface area contributed by atoms with Gasteiger partial charge in [-0.1, -0.05) is 37.3 Å². The van der Waals surface area contributed by atoms with Gasteiger partial charge in [-0.2, -0.15) is 11.8 Å². The van der Waals surface area contributed by atoms with Crippen LogP contribution >= 0.6 is 11.8 Å². The fourth-order valence-electron chi connectivity index (χ4n) is 2.25. The Morgan fingerprint density at radius 2 is 2.21 bits per heavy atom. The van der Waals surface area contributed by atoms with Crippen molar-refractivity contribution in [2.75, 3.05) is 18.8 Å². The van der Waals surface area contributed by atoms with E-state index in [0.29, 0.717) is 13.1 Å². The molecular weight excluding hydrogens is 258 g/mol.